The summed E-state index contributed by atoms with van der Waals surface area (Å²) in [6.45, 7) is 16.3. The van der Waals surface area contributed by atoms with Crippen LogP contribution in [0.1, 0.15) is 130 Å². The number of rotatable bonds is 18. The maximum atomic E-state index is 11.6. The maximum Gasteiger partial charge on any atom is 0.0577 e. The molecule has 4 fully saturated rings. The van der Waals surface area contributed by atoms with Crippen molar-refractivity contribution in [1.29, 1.82) is 0 Å². The fraction of sp³-hybridized carbons (Fsp3) is 1.00. The lowest BCUT2D eigenvalue weighted by Gasteiger charge is -2.62. The Balaban J connectivity index is 1.17. The van der Waals surface area contributed by atoms with Crippen LogP contribution in [0, 0.1) is 46.3 Å². The van der Waals surface area contributed by atoms with Gasteiger partial charge in [0, 0.05) is 6.04 Å². The van der Waals surface area contributed by atoms with Crippen LogP contribution in [0.25, 0.3) is 0 Å². The summed E-state index contributed by atoms with van der Waals surface area (Å²) in [7, 11) is 0. The van der Waals surface area contributed by atoms with Gasteiger partial charge in [-0.25, -0.2) is 0 Å². The Morgan fingerprint density at radius 1 is 0.732 bits per heavy atom. The highest BCUT2D eigenvalue weighted by atomic mass is 16.3. The highest BCUT2D eigenvalue weighted by Crippen LogP contribution is 2.67. The average Bonchev–Trinajstić information content (AvgIpc) is 3.28. The second-order valence-electron chi connectivity index (χ2n) is 15.9. The van der Waals surface area contributed by atoms with E-state index in [2.05, 4.69) is 43.6 Å². The topological polar surface area (TPSA) is 82.3 Å². The van der Waals surface area contributed by atoms with Crippen LogP contribution in [0.3, 0.4) is 0 Å². The van der Waals surface area contributed by atoms with Crippen molar-refractivity contribution >= 4 is 0 Å². The monoisotopic (exact) mass is 575 g/mol. The van der Waals surface area contributed by atoms with Gasteiger partial charge < -0.3 is 26.8 Å². The first-order chi connectivity index (χ1) is 19.8. The van der Waals surface area contributed by atoms with Gasteiger partial charge in [0.25, 0.3) is 0 Å². The summed E-state index contributed by atoms with van der Waals surface area (Å²) >= 11 is 0. The van der Waals surface area contributed by atoms with Crippen molar-refractivity contribution in [3.05, 3.63) is 0 Å². The fourth-order valence-electron chi connectivity index (χ4n) is 10.5. The van der Waals surface area contributed by atoms with Gasteiger partial charge in [0.15, 0.2) is 0 Å². The molecule has 0 aromatic rings. The molecule has 4 rings (SSSR count). The fourth-order valence-corrected chi connectivity index (χ4v) is 10.5. The third-order valence-corrected chi connectivity index (χ3v) is 12.9. The van der Waals surface area contributed by atoms with Crippen LogP contribution < -0.4 is 21.7 Å². The Hall–Kier alpha value is -0.200. The lowest BCUT2D eigenvalue weighted by Crippen LogP contribution is -2.59. The first kappa shape index (κ1) is 33.7. The maximum absolute atomic E-state index is 11.6. The third-order valence-electron chi connectivity index (χ3n) is 12.9. The van der Waals surface area contributed by atoms with Crippen LogP contribution in [-0.2, 0) is 0 Å². The van der Waals surface area contributed by atoms with Gasteiger partial charge in [-0.3, -0.25) is 0 Å². The summed E-state index contributed by atoms with van der Waals surface area (Å²) < 4.78 is 0. The molecule has 0 spiro atoms. The quantitative estimate of drug-likeness (QED) is 0.121. The average molecular weight is 575 g/mol. The van der Waals surface area contributed by atoms with Gasteiger partial charge in [-0.2, -0.15) is 0 Å². The molecule has 41 heavy (non-hydrogen) atoms. The molecule has 240 valence electrons. The predicted molar refractivity (Wildman–Crippen MR) is 175 cm³/mol. The number of aliphatic hydroxyl groups is 1. The van der Waals surface area contributed by atoms with Crippen molar-refractivity contribution < 1.29 is 5.11 Å². The van der Waals surface area contributed by atoms with Crippen LogP contribution in [0.15, 0.2) is 0 Å². The molecule has 0 bridgehead atoms. The molecule has 9 atom stereocenters. The van der Waals surface area contributed by atoms with Gasteiger partial charge in [-0.05, 0) is 169 Å². The Labute approximate surface area is 254 Å². The van der Waals surface area contributed by atoms with Gasteiger partial charge in [0.2, 0.25) is 0 Å². The molecule has 0 radical (unpaired) electrons. The first-order valence-electron chi connectivity index (χ1n) is 18.3. The van der Waals surface area contributed by atoms with Gasteiger partial charge in [0.05, 0.1) is 6.10 Å². The van der Waals surface area contributed by atoms with Crippen LogP contribution in [0.5, 0.6) is 0 Å². The first-order valence-corrected chi connectivity index (χ1v) is 18.3. The Bertz CT molecular complexity index is 747. The lowest BCUT2D eigenvalue weighted by atomic mass is 9.44. The molecule has 0 amide bonds. The zero-order chi connectivity index (χ0) is 29.3. The molecule has 0 aliphatic heterocycles. The van der Waals surface area contributed by atoms with Crippen molar-refractivity contribution in [1.82, 2.24) is 16.0 Å². The second-order valence-corrected chi connectivity index (χ2v) is 15.9. The molecule has 0 aromatic heterocycles. The Morgan fingerprint density at radius 2 is 1.41 bits per heavy atom. The lowest BCUT2D eigenvalue weighted by molar-refractivity contribution is -0.161. The predicted octanol–water partition coefficient (Wildman–Crippen LogP) is 6.49. The molecular weight excluding hydrogens is 504 g/mol. The summed E-state index contributed by atoms with van der Waals surface area (Å²) in [4.78, 5) is 0. The van der Waals surface area contributed by atoms with Gasteiger partial charge >= 0.3 is 0 Å². The molecule has 4 aliphatic carbocycles. The number of fused-ring (bicyclic) bond motifs is 5. The summed E-state index contributed by atoms with van der Waals surface area (Å²) in [5, 5.41) is 22.6. The molecule has 4 saturated carbocycles. The van der Waals surface area contributed by atoms with E-state index in [-0.39, 0.29) is 6.10 Å². The molecule has 5 nitrogen and oxygen atoms in total. The molecule has 0 aromatic carbocycles. The second kappa shape index (κ2) is 16.2. The minimum atomic E-state index is -0.0928. The number of hydrogen-bond donors (Lipinski definition) is 5. The van der Waals surface area contributed by atoms with Crippen molar-refractivity contribution in [3.8, 4) is 0 Å². The smallest absolute Gasteiger partial charge is 0.0577 e. The van der Waals surface area contributed by atoms with E-state index >= 15 is 0 Å². The van der Waals surface area contributed by atoms with Crippen molar-refractivity contribution in [3.63, 3.8) is 0 Å². The molecule has 0 saturated heterocycles. The third kappa shape index (κ3) is 8.50. The van der Waals surface area contributed by atoms with E-state index in [0.717, 1.165) is 81.7 Å². The molecule has 0 heterocycles. The zero-order valence-corrected chi connectivity index (χ0v) is 27.7. The van der Waals surface area contributed by atoms with Crippen molar-refractivity contribution in [2.75, 3.05) is 39.3 Å². The number of aliphatic hydroxyl groups excluding tert-OH is 1. The largest absolute Gasteiger partial charge is 0.393 e. The van der Waals surface area contributed by atoms with Gasteiger partial charge in [-0.1, -0.05) is 47.0 Å². The number of hydrogen-bond acceptors (Lipinski definition) is 5. The van der Waals surface area contributed by atoms with E-state index in [1.165, 1.54) is 89.9 Å². The molecule has 6 unspecified atom stereocenters. The Morgan fingerprint density at radius 3 is 2.15 bits per heavy atom. The summed E-state index contributed by atoms with van der Waals surface area (Å²) in [5.41, 5.74) is 6.42. The van der Waals surface area contributed by atoms with Gasteiger partial charge in [0.1, 0.15) is 0 Å². The Kier molecular flexibility index (Phi) is 13.3. The minimum Gasteiger partial charge on any atom is -0.393 e. The number of unbranched alkanes of at least 4 members (excludes halogenated alkanes) is 2. The van der Waals surface area contributed by atoms with Crippen LogP contribution in [0.2, 0.25) is 0 Å². The SMILES string of the molecule is CC(C)CCCC[C@H]1CCC2C3C[C@@H](O)[C@H]4CC(NCCCNCCCCNCCCN)CCC4(C)C3CCC21C. The van der Waals surface area contributed by atoms with Crippen molar-refractivity contribution in [2.45, 2.75) is 143 Å². The summed E-state index contributed by atoms with van der Waals surface area (Å²) in [6.07, 6.45) is 21.0. The molecule has 5 heteroatoms. The molecular formula is C36H70N4O. The van der Waals surface area contributed by atoms with Crippen molar-refractivity contribution in [2.24, 2.45) is 52.1 Å². The highest BCUT2D eigenvalue weighted by Gasteiger charge is 2.61. The van der Waals surface area contributed by atoms with E-state index in [0.29, 0.717) is 22.8 Å². The summed E-state index contributed by atoms with van der Waals surface area (Å²) in [6, 6.07) is 0.592. The van der Waals surface area contributed by atoms with E-state index in [9.17, 15) is 5.11 Å². The number of nitrogens with one attached hydrogen (secondary N) is 3. The van der Waals surface area contributed by atoms with E-state index in [4.69, 9.17) is 5.73 Å². The van der Waals surface area contributed by atoms with Gasteiger partial charge in [-0.15, -0.1) is 0 Å². The normalized spacial score (nSPS) is 38.6. The van der Waals surface area contributed by atoms with E-state index < -0.39 is 0 Å². The van der Waals surface area contributed by atoms with Crippen LogP contribution >= 0.6 is 0 Å². The van der Waals surface area contributed by atoms with E-state index in [1.807, 2.05) is 0 Å². The van der Waals surface area contributed by atoms with Crippen LogP contribution in [-0.4, -0.2) is 56.5 Å². The van der Waals surface area contributed by atoms with E-state index in [1.54, 1.807) is 0 Å². The number of nitrogens with two attached hydrogens (primary N) is 1. The zero-order valence-electron chi connectivity index (χ0n) is 27.7. The summed E-state index contributed by atoms with van der Waals surface area (Å²) in [5.74, 6) is 4.74. The standard InChI is InChI=1S/C36H70N4O/c1-27(2)11-5-6-12-28-13-14-31-30-26-34(41)33-25-29(15-17-36(33,4)32(30)16-18-35(28,31)3)40-24-10-23-39-21-8-7-20-38-22-9-19-37/h27-34,38-41H,5-26,37H2,1-4H3/t28-,29?,30?,31?,32?,33+,34+,35?,36?/m0/s1. The highest BCUT2D eigenvalue weighted by molar-refractivity contribution is 5.11. The minimum absolute atomic E-state index is 0.0928. The molecule has 6 N–H and O–H groups in total. The van der Waals surface area contributed by atoms with Crippen LogP contribution in [0.4, 0.5) is 0 Å². The molecule has 4 aliphatic rings.